The largest absolute Gasteiger partial charge is 0.0885 e. The molecular formula is C15H28. The monoisotopic (exact) mass is 208 g/mol. The lowest BCUT2D eigenvalue weighted by molar-refractivity contribution is 0.611. The van der Waals surface area contributed by atoms with E-state index in [1.54, 1.807) is 0 Å². The van der Waals surface area contributed by atoms with Crippen LogP contribution in [0, 0.1) is 0 Å². The lowest BCUT2D eigenvalue weighted by Gasteiger charge is -1.97. The molecular weight excluding hydrogens is 180 g/mol. The third-order valence-corrected chi connectivity index (χ3v) is 2.57. The molecule has 0 aromatic carbocycles. The molecule has 0 unspecified atom stereocenters. The zero-order chi connectivity index (χ0) is 11.2. The van der Waals surface area contributed by atoms with Gasteiger partial charge in [-0.2, -0.15) is 0 Å². The number of allylic oxidation sites excluding steroid dienone is 4. The molecule has 0 aromatic rings. The zero-order valence-electron chi connectivity index (χ0n) is 10.7. The molecule has 15 heavy (non-hydrogen) atoms. The van der Waals surface area contributed by atoms with Gasteiger partial charge in [0.2, 0.25) is 0 Å². The van der Waals surface area contributed by atoms with E-state index in [2.05, 4.69) is 38.2 Å². The summed E-state index contributed by atoms with van der Waals surface area (Å²) in [4.78, 5) is 0. The van der Waals surface area contributed by atoms with Crippen LogP contribution in [0.15, 0.2) is 24.3 Å². The highest BCUT2D eigenvalue weighted by molar-refractivity contribution is 4.92. The average Bonchev–Trinajstić information content (AvgIpc) is 2.26. The van der Waals surface area contributed by atoms with Crippen LogP contribution >= 0.6 is 0 Å². The molecule has 0 spiro atoms. The van der Waals surface area contributed by atoms with Crippen LogP contribution in [0.5, 0.6) is 0 Å². The number of hydrogen-bond acceptors (Lipinski definition) is 0. The summed E-state index contributed by atoms with van der Waals surface area (Å²) in [6.45, 7) is 4.45. The first-order valence-corrected chi connectivity index (χ1v) is 6.71. The van der Waals surface area contributed by atoms with Crippen LogP contribution in [0.4, 0.5) is 0 Å². The smallest absolute Gasteiger partial charge is 0.0169 e. The van der Waals surface area contributed by atoms with Crippen LogP contribution in [0.1, 0.15) is 71.6 Å². The van der Waals surface area contributed by atoms with E-state index in [1.165, 1.54) is 44.9 Å². The van der Waals surface area contributed by atoms with Gasteiger partial charge in [0.05, 0.1) is 0 Å². The Morgan fingerprint density at radius 2 is 1.33 bits per heavy atom. The van der Waals surface area contributed by atoms with Gasteiger partial charge in [-0.05, 0) is 25.7 Å². The second kappa shape index (κ2) is 13.5. The van der Waals surface area contributed by atoms with Crippen molar-refractivity contribution in [3.8, 4) is 0 Å². The highest BCUT2D eigenvalue weighted by atomic mass is 13.9. The highest BCUT2D eigenvalue weighted by Crippen LogP contribution is 2.07. The maximum Gasteiger partial charge on any atom is -0.0169 e. The normalized spacial score (nSPS) is 11.9. The predicted octanol–water partition coefficient (Wildman–Crippen LogP) is 5.65. The molecule has 0 atom stereocenters. The molecule has 0 saturated heterocycles. The van der Waals surface area contributed by atoms with Gasteiger partial charge in [-0.3, -0.25) is 0 Å². The molecule has 0 N–H and O–H groups in total. The first-order chi connectivity index (χ1) is 7.41. The topological polar surface area (TPSA) is 0 Å². The Labute approximate surface area is 96.5 Å². The lowest BCUT2D eigenvalue weighted by atomic mass is 10.1. The Balaban J connectivity index is 3.06. The average molecular weight is 208 g/mol. The summed E-state index contributed by atoms with van der Waals surface area (Å²) >= 11 is 0. The first-order valence-electron chi connectivity index (χ1n) is 6.71. The maximum atomic E-state index is 2.33. The first kappa shape index (κ1) is 14.5. The fourth-order valence-electron chi connectivity index (χ4n) is 1.60. The molecule has 0 aliphatic heterocycles. The van der Waals surface area contributed by atoms with E-state index < -0.39 is 0 Å². The van der Waals surface area contributed by atoms with E-state index in [0.717, 1.165) is 12.8 Å². The molecule has 0 heterocycles. The van der Waals surface area contributed by atoms with Crippen molar-refractivity contribution in [1.82, 2.24) is 0 Å². The van der Waals surface area contributed by atoms with Crippen LogP contribution < -0.4 is 0 Å². The summed E-state index contributed by atoms with van der Waals surface area (Å²) in [5, 5.41) is 0. The molecule has 88 valence electrons. The minimum Gasteiger partial charge on any atom is -0.0885 e. The van der Waals surface area contributed by atoms with Crippen molar-refractivity contribution in [1.29, 1.82) is 0 Å². The third kappa shape index (κ3) is 13.5. The molecule has 0 saturated carbocycles. The highest BCUT2D eigenvalue weighted by Gasteiger charge is 1.87. The summed E-state index contributed by atoms with van der Waals surface area (Å²) in [7, 11) is 0. The molecule has 0 nitrogen and oxygen atoms in total. The fourth-order valence-corrected chi connectivity index (χ4v) is 1.60. The van der Waals surface area contributed by atoms with E-state index in [1.807, 2.05) is 0 Å². The van der Waals surface area contributed by atoms with Crippen molar-refractivity contribution in [3.05, 3.63) is 24.3 Å². The summed E-state index contributed by atoms with van der Waals surface area (Å²) in [6, 6.07) is 0. The van der Waals surface area contributed by atoms with Gasteiger partial charge in [-0.15, -0.1) is 0 Å². The van der Waals surface area contributed by atoms with Crippen molar-refractivity contribution < 1.29 is 0 Å². The molecule has 0 heteroatoms. The third-order valence-electron chi connectivity index (χ3n) is 2.57. The molecule has 0 fully saturated rings. The quantitative estimate of drug-likeness (QED) is 0.321. The van der Waals surface area contributed by atoms with Crippen molar-refractivity contribution in [3.63, 3.8) is 0 Å². The maximum absolute atomic E-state index is 2.33. The minimum atomic E-state index is 1.11. The van der Waals surface area contributed by atoms with Crippen molar-refractivity contribution >= 4 is 0 Å². The minimum absolute atomic E-state index is 1.11. The van der Waals surface area contributed by atoms with Gasteiger partial charge in [0, 0.05) is 0 Å². The lowest BCUT2D eigenvalue weighted by Crippen LogP contribution is -1.77. The standard InChI is InChI=1S/C15H28/c1-3-5-7-9-11-13-15-14-12-10-8-6-4-2/h5,7,11,13H,3-4,6,8-10,12,14-15H2,1-2H3. The number of rotatable bonds is 10. The molecule has 0 radical (unpaired) electrons. The Bertz CT molecular complexity index is 153. The van der Waals surface area contributed by atoms with Gasteiger partial charge >= 0.3 is 0 Å². The summed E-state index contributed by atoms with van der Waals surface area (Å²) < 4.78 is 0. The van der Waals surface area contributed by atoms with Crippen LogP contribution in [0.3, 0.4) is 0 Å². The van der Waals surface area contributed by atoms with E-state index in [0.29, 0.717) is 0 Å². The van der Waals surface area contributed by atoms with E-state index in [-0.39, 0.29) is 0 Å². The Morgan fingerprint density at radius 3 is 2.07 bits per heavy atom. The van der Waals surface area contributed by atoms with Crippen molar-refractivity contribution in [2.45, 2.75) is 71.6 Å². The van der Waals surface area contributed by atoms with Gasteiger partial charge in [-0.1, -0.05) is 70.3 Å². The van der Waals surface area contributed by atoms with Gasteiger partial charge < -0.3 is 0 Å². The molecule has 0 aliphatic carbocycles. The fraction of sp³-hybridized carbons (Fsp3) is 0.733. The van der Waals surface area contributed by atoms with E-state index >= 15 is 0 Å². The van der Waals surface area contributed by atoms with Crippen LogP contribution in [-0.2, 0) is 0 Å². The Morgan fingerprint density at radius 1 is 0.667 bits per heavy atom. The molecule has 0 amide bonds. The van der Waals surface area contributed by atoms with Gasteiger partial charge in [0.15, 0.2) is 0 Å². The molecule has 0 aromatic heterocycles. The van der Waals surface area contributed by atoms with Crippen LogP contribution in [-0.4, -0.2) is 0 Å². The van der Waals surface area contributed by atoms with Crippen LogP contribution in [0.25, 0.3) is 0 Å². The summed E-state index contributed by atoms with van der Waals surface area (Å²) in [5.74, 6) is 0. The zero-order valence-corrected chi connectivity index (χ0v) is 10.7. The second-order valence-electron chi connectivity index (χ2n) is 4.14. The molecule has 0 rings (SSSR count). The second-order valence-corrected chi connectivity index (χ2v) is 4.14. The number of hydrogen-bond donors (Lipinski definition) is 0. The SMILES string of the molecule is CCC=CCC=CCCCCCCCC. The Kier molecular flexibility index (Phi) is 13.0. The summed E-state index contributed by atoms with van der Waals surface area (Å²) in [5.41, 5.74) is 0. The van der Waals surface area contributed by atoms with Gasteiger partial charge in [-0.25, -0.2) is 0 Å². The van der Waals surface area contributed by atoms with Crippen molar-refractivity contribution in [2.75, 3.05) is 0 Å². The Hall–Kier alpha value is -0.520. The van der Waals surface area contributed by atoms with E-state index in [4.69, 9.17) is 0 Å². The van der Waals surface area contributed by atoms with E-state index in [9.17, 15) is 0 Å². The number of unbranched alkanes of at least 4 members (excludes halogenated alkanes) is 6. The van der Waals surface area contributed by atoms with Crippen LogP contribution in [0.2, 0.25) is 0 Å². The predicted molar refractivity (Wildman–Crippen MR) is 71.2 cm³/mol. The molecule has 0 bridgehead atoms. The van der Waals surface area contributed by atoms with Gasteiger partial charge in [0.25, 0.3) is 0 Å². The summed E-state index contributed by atoms with van der Waals surface area (Å²) in [6.07, 6.45) is 21.1. The van der Waals surface area contributed by atoms with Crippen molar-refractivity contribution in [2.24, 2.45) is 0 Å². The van der Waals surface area contributed by atoms with Gasteiger partial charge in [0.1, 0.15) is 0 Å². The molecule has 0 aliphatic rings.